The number of aliphatic hydroxyl groups is 2. The number of hydrogen-bond donors (Lipinski definition) is 5. The molecule has 3 rings (SSSR count). The molecular weight excluding hydrogens is 590 g/mol. The van der Waals surface area contributed by atoms with Gasteiger partial charge in [-0.05, 0) is 51.0 Å². The van der Waals surface area contributed by atoms with E-state index in [-0.39, 0.29) is 29.2 Å². The van der Waals surface area contributed by atoms with Crippen LogP contribution in [0.4, 0.5) is 4.79 Å². The van der Waals surface area contributed by atoms with Crippen LogP contribution in [0.3, 0.4) is 0 Å². The molecule has 2 unspecified atom stereocenters. The van der Waals surface area contributed by atoms with Gasteiger partial charge in [-0.2, -0.15) is 0 Å². The smallest absolute Gasteiger partial charge is 0.405 e. The van der Waals surface area contributed by atoms with E-state index < -0.39 is 48.6 Å². The number of carbonyl (C=O) groups is 3. The molecule has 3 aliphatic rings. The van der Waals surface area contributed by atoms with Gasteiger partial charge in [-0.3, -0.25) is 14.9 Å². The number of nitrogens with two attached hydrogens (primary N) is 1. The third kappa shape index (κ3) is 8.52. The molecule has 12 nitrogen and oxygen atoms in total. The van der Waals surface area contributed by atoms with E-state index in [1.165, 1.54) is 21.3 Å². The van der Waals surface area contributed by atoms with Crippen LogP contribution in [-0.4, -0.2) is 91.8 Å². The van der Waals surface area contributed by atoms with Gasteiger partial charge in [-0.1, -0.05) is 37.8 Å². The summed E-state index contributed by atoms with van der Waals surface area (Å²) in [5.41, 5.74) is 7.26. The Morgan fingerprint density at radius 2 is 1.77 bits per heavy atom. The second-order valence-electron chi connectivity index (χ2n) is 11.7. The lowest BCUT2D eigenvalue weighted by atomic mass is 9.84. The zero-order valence-electron chi connectivity index (χ0n) is 26.5. The molecule has 2 amide bonds. The maximum atomic E-state index is 13.4. The first-order valence-corrected chi connectivity index (χ1v) is 15.6. The van der Waals surface area contributed by atoms with Crippen LogP contribution < -0.4 is 16.4 Å². The Labute approximate surface area is 263 Å². The van der Waals surface area contributed by atoms with Crippen LogP contribution in [0.1, 0.15) is 53.4 Å². The summed E-state index contributed by atoms with van der Waals surface area (Å²) in [4.78, 5) is 38.1. The Kier molecular flexibility index (Phi) is 13.1. The summed E-state index contributed by atoms with van der Waals surface area (Å²) in [5.74, 6) is -0.406. The fraction of sp³-hybridized carbons (Fsp3) is 0.645. The van der Waals surface area contributed by atoms with E-state index in [1.807, 2.05) is 19.9 Å². The van der Waals surface area contributed by atoms with Gasteiger partial charge in [0.25, 0.3) is 5.91 Å². The van der Waals surface area contributed by atoms with Crippen molar-refractivity contribution in [3.63, 3.8) is 0 Å². The number of thioether (sulfide) groups is 1. The van der Waals surface area contributed by atoms with E-state index in [4.69, 9.17) is 24.7 Å². The first kappa shape index (κ1) is 35.8. The lowest BCUT2D eigenvalue weighted by molar-refractivity contribution is -0.117. The number of rotatable bonds is 4. The summed E-state index contributed by atoms with van der Waals surface area (Å²) in [6.07, 6.45) is 0.109. The first-order valence-electron chi connectivity index (χ1n) is 14.8. The van der Waals surface area contributed by atoms with E-state index >= 15 is 0 Å². The van der Waals surface area contributed by atoms with Crippen molar-refractivity contribution < 1.29 is 43.5 Å². The summed E-state index contributed by atoms with van der Waals surface area (Å²) in [5, 5.41) is 28.9. The molecule has 0 aromatic carbocycles. The van der Waals surface area contributed by atoms with Gasteiger partial charge in [0.1, 0.15) is 11.9 Å². The number of ether oxygens (including phenoxy) is 4. The van der Waals surface area contributed by atoms with Crippen LogP contribution in [0.5, 0.6) is 0 Å². The average molecular weight is 638 g/mol. The largest absolute Gasteiger partial charge is 0.499 e. The van der Waals surface area contributed by atoms with Gasteiger partial charge in [-0.25, -0.2) is 4.79 Å². The summed E-state index contributed by atoms with van der Waals surface area (Å²) >= 11 is 0.980. The summed E-state index contributed by atoms with van der Waals surface area (Å²) in [6, 6.07) is -0.511. The van der Waals surface area contributed by atoms with Crippen molar-refractivity contribution in [2.45, 2.75) is 89.9 Å². The van der Waals surface area contributed by atoms with E-state index in [0.717, 1.165) is 11.8 Å². The maximum Gasteiger partial charge on any atom is 0.405 e. The lowest BCUT2D eigenvalue weighted by Gasteiger charge is -2.38. The monoisotopic (exact) mass is 637 g/mol. The highest BCUT2D eigenvalue weighted by Gasteiger charge is 2.41. The van der Waals surface area contributed by atoms with Crippen LogP contribution in [0, 0.1) is 11.8 Å². The molecule has 2 bridgehead atoms. The zero-order valence-corrected chi connectivity index (χ0v) is 27.4. The van der Waals surface area contributed by atoms with Crippen molar-refractivity contribution in [1.82, 2.24) is 10.6 Å². The van der Waals surface area contributed by atoms with Crippen molar-refractivity contribution in [3.8, 4) is 0 Å². The third-order valence-corrected chi connectivity index (χ3v) is 9.44. The molecule has 246 valence electrons. The number of primary amides is 1. The van der Waals surface area contributed by atoms with Crippen molar-refractivity contribution >= 4 is 28.9 Å². The summed E-state index contributed by atoms with van der Waals surface area (Å²) in [6.45, 7) is 7.38. The third-order valence-electron chi connectivity index (χ3n) is 8.40. The van der Waals surface area contributed by atoms with Gasteiger partial charge < -0.3 is 40.2 Å². The molecule has 0 radical (unpaired) electrons. The maximum absolute atomic E-state index is 13.4. The highest BCUT2D eigenvalue weighted by molar-refractivity contribution is 8.17. The number of methoxy groups -OCH3 is 3. The van der Waals surface area contributed by atoms with Gasteiger partial charge in [0.05, 0.1) is 43.7 Å². The Balaban J connectivity index is 2.09. The van der Waals surface area contributed by atoms with E-state index in [2.05, 4.69) is 10.6 Å². The molecule has 13 heteroatoms. The molecule has 2 heterocycles. The molecule has 1 aliphatic carbocycles. The fourth-order valence-corrected chi connectivity index (χ4v) is 7.05. The Hall–Kier alpha value is -2.68. The summed E-state index contributed by atoms with van der Waals surface area (Å²) in [7, 11) is 4.55. The molecular formula is C31H47N3O9S. The predicted octanol–water partition coefficient (Wildman–Crippen LogP) is 2.41. The Morgan fingerprint density at radius 1 is 1.09 bits per heavy atom. The minimum Gasteiger partial charge on any atom is -0.499 e. The second kappa shape index (κ2) is 16.1. The molecule has 8 atom stereocenters. The van der Waals surface area contributed by atoms with Gasteiger partial charge in [0.15, 0.2) is 6.10 Å². The highest BCUT2D eigenvalue weighted by atomic mass is 32.2. The van der Waals surface area contributed by atoms with Gasteiger partial charge >= 0.3 is 6.09 Å². The molecule has 2 aliphatic heterocycles. The quantitative estimate of drug-likeness (QED) is 0.286. The molecule has 0 saturated carbocycles. The number of nitrogens with one attached hydrogen (secondary N) is 2. The van der Waals surface area contributed by atoms with Crippen LogP contribution in [0.2, 0.25) is 0 Å². The number of amides is 2. The van der Waals surface area contributed by atoms with Crippen LogP contribution in [0.25, 0.3) is 0 Å². The van der Waals surface area contributed by atoms with Gasteiger partial charge in [0, 0.05) is 36.2 Å². The van der Waals surface area contributed by atoms with Crippen LogP contribution in [0.15, 0.2) is 45.2 Å². The van der Waals surface area contributed by atoms with Gasteiger partial charge in [-0.15, -0.1) is 0 Å². The Bertz CT molecular complexity index is 1210. The number of aliphatic hydroxyl groups excluding tert-OH is 2. The minimum atomic E-state index is -1.22. The molecule has 1 saturated heterocycles. The predicted molar refractivity (Wildman–Crippen MR) is 166 cm³/mol. The number of fused-ring (bicyclic) bond motifs is 3. The lowest BCUT2D eigenvalue weighted by Crippen LogP contribution is -2.48. The standard InChI is InChI=1S/C31H47N3O9S/c1-15-11-19-26(37)23(29-24(28(19)42-7)33-14-22(35)44-29)34-30(38)16(2)9-8-10-20(40-5)27(43-31(32)39)18(4)13-17(3)25(36)21(12-15)41-6/h9,13,15,17,20-21,24-27,33,36-37H,8,10-12,14H2,1-7H3,(H2,32,39)(H,34,38)/b16-9+,18-13+/t15-,17+,20+,21+,24?,25-,26?,27+/m1/s1. The van der Waals surface area contributed by atoms with Crippen molar-refractivity contribution in [2.75, 3.05) is 27.9 Å². The van der Waals surface area contributed by atoms with Crippen LogP contribution in [-0.2, 0) is 28.5 Å². The molecule has 6 N–H and O–H groups in total. The summed E-state index contributed by atoms with van der Waals surface area (Å²) < 4.78 is 22.7. The SMILES string of the molecule is COC1=C2C[C@@H](C)C[C@H](OC)[C@H](O)[C@@H](C)/C=C(\C)[C@H](OC(N)=O)[C@@H](OC)CC/C=C(\C)C(=O)NC(=C3SC(=O)CNC13)C2O. The number of hydrogen-bond acceptors (Lipinski definition) is 11. The fourth-order valence-electron chi connectivity index (χ4n) is 6.07. The van der Waals surface area contributed by atoms with Crippen molar-refractivity contribution in [3.05, 3.63) is 45.2 Å². The number of carbonyl (C=O) groups excluding carboxylic acids is 3. The highest BCUT2D eigenvalue weighted by Crippen LogP contribution is 2.41. The van der Waals surface area contributed by atoms with Crippen molar-refractivity contribution in [1.29, 1.82) is 0 Å². The molecule has 44 heavy (non-hydrogen) atoms. The van der Waals surface area contributed by atoms with Crippen molar-refractivity contribution in [2.24, 2.45) is 17.6 Å². The molecule has 0 aromatic rings. The normalized spacial score (nSPS) is 35.6. The van der Waals surface area contributed by atoms with E-state index in [0.29, 0.717) is 53.1 Å². The topological polar surface area (TPSA) is 179 Å². The van der Waals surface area contributed by atoms with Crippen LogP contribution >= 0.6 is 11.8 Å². The minimum absolute atomic E-state index is 0.0921. The van der Waals surface area contributed by atoms with E-state index in [1.54, 1.807) is 19.9 Å². The molecule has 0 aromatic heterocycles. The number of allylic oxidation sites excluding steroid dienone is 1. The Morgan fingerprint density at radius 3 is 2.39 bits per heavy atom. The molecule has 1 fully saturated rings. The average Bonchev–Trinajstić information content (AvgIpc) is 2.98. The zero-order chi connectivity index (χ0) is 32.7. The second-order valence-corrected chi connectivity index (χ2v) is 12.8. The molecule has 0 spiro atoms. The van der Waals surface area contributed by atoms with E-state index in [9.17, 15) is 24.6 Å². The van der Waals surface area contributed by atoms with Gasteiger partial charge in [0.2, 0.25) is 5.12 Å². The first-order chi connectivity index (χ1) is 20.8.